The number of halogens is 1. The molecule has 0 aromatic carbocycles. The fraction of sp³-hybridized carbons (Fsp3) is 0.700. The van der Waals surface area contributed by atoms with Crippen LogP contribution in [-0.4, -0.2) is 11.0 Å². The van der Waals surface area contributed by atoms with E-state index < -0.39 is 0 Å². The topological polar surface area (TPSA) is 26.0 Å². The molecule has 3 rings (SSSR count). The summed E-state index contributed by atoms with van der Waals surface area (Å²) in [6.07, 6.45) is 20.8. The molecule has 0 saturated heterocycles. The second-order valence-corrected chi connectivity index (χ2v) is 8.33. The van der Waals surface area contributed by atoms with Crippen molar-refractivity contribution in [3.63, 3.8) is 0 Å². The summed E-state index contributed by atoms with van der Waals surface area (Å²) in [4.78, 5) is 0. The van der Waals surface area contributed by atoms with E-state index in [0.29, 0.717) is 5.92 Å². The highest BCUT2D eigenvalue weighted by Gasteiger charge is 2.35. The van der Waals surface area contributed by atoms with Crippen LogP contribution in [0.3, 0.4) is 0 Å². The van der Waals surface area contributed by atoms with Gasteiger partial charge >= 0.3 is 0 Å². The summed E-state index contributed by atoms with van der Waals surface area (Å²) in [6, 6.07) is 0. The Labute approximate surface area is 149 Å². The molecule has 0 radical (unpaired) electrons. The number of rotatable bonds is 5. The largest absolute Gasteiger partial charge is 0.330 e. The van der Waals surface area contributed by atoms with Crippen molar-refractivity contribution in [3.05, 3.63) is 35.5 Å². The van der Waals surface area contributed by atoms with Gasteiger partial charge in [0.25, 0.3) is 0 Å². The molecule has 3 aliphatic rings. The van der Waals surface area contributed by atoms with E-state index in [0.717, 1.165) is 24.3 Å². The van der Waals surface area contributed by atoms with Crippen LogP contribution in [0.1, 0.15) is 51.4 Å². The van der Waals surface area contributed by atoms with Gasteiger partial charge in [-0.2, -0.15) is 0 Å². The van der Waals surface area contributed by atoms with Crippen LogP contribution >= 0.6 is 22.6 Å². The highest BCUT2D eigenvalue weighted by Crippen LogP contribution is 2.46. The van der Waals surface area contributed by atoms with Crippen LogP contribution in [-0.2, 0) is 0 Å². The van der Waals surface area contributed by atoms with Crippen molar-refractivity contribution in [2.75, 3.05) is 11.0 Å². The number of alkyl halides is 1. The van der Waals surface area contributed by atoms with Crippen LogP contribution in [0.25, 0.3) is 0 Å². The summed E-state index contributed by atoms with van der Waals surface area (Å²) < 4.78 is 1.30. The Balaban J connectivity index is 1.81. The van der Waals surface area contributed by atoms with E-state index in [4.69, 9.17) is 5.73 Å². The predicted octanol–water partition coefficient (Wildman–Crippen LogP) is 5.42. The van der Waals surface area contributed by atoms with Crippen molar-refractivity contribution >= 4 is 22.6 Å². The fourth-order valence-corrected chi connectivity index (χ4v) is 5.18. The third kappa shape index (κ3) is 3.69. The van der Waals surface area contributed by atoms with Gasteiger partial charge in [-0.3, -0.25) is 0 Å². The highest BCUT2D eigenvalue weighted by atomic mass is 127. The minimum Gasteiger partial charge on any atom is -0.330 e. The highest BCUT2D eigenvalue weighted by molar-refractivity contribution is 14.1. The van der Waals surface area contributed by atoms with Crippen LogP contribution in [0.4, 0.5) is 0 Å². The van der Waals surface area contributed by atoms with Crippen molar-refractivity contribution in [1.82, 2.24) is 0 Å². The SMILES string of the molecule is NC[C@H]1C=C(C2=CCC(CCCI)C3C=CCCC23)CCC1. The Kier molecular flexibility index (Phi) is 6.20. The van der Waals surface area contributed by atoms with Gasteiger partial charge in [0.1, 0.15) is 0 Å². The summed E-state index contributed by atoms with van der Waals surface area (Å²) >= 11 is 2.52. The first-order chi connectivity index (χ1) is 10.8. The number of hydrogen-bond donors (Lipinski definition) is 1. The second-order valence-electron chi connectivity index (χ2n) is 7.26. The van der Waals surface area contributed by atoms with Gasteiger partial charge in [-0.05, 0) is 97.2 Å². The normalized spacial score (nSPS) is 34.8. The summed E-state index contributed by atoms with van der Waals surface area (Å²) in [6.45, 7) is 0.822. The molecular weight excluding hydrogens is 381 g/mol. The Bertz CT molecular complexity index is 462. The molecule has 4 atom stereocenters. The first-order valence-corrected chi connectivity index (χ1v) is 10.7. The molecule has 0 spiro atoms. The molecule has 0 amide bonds. The zero-order valence-corrected chi connectivity index (χ0v) is 15.8. The molecule has 0 fully saturated rings. The van der Waals surface area contributed by atoms with E-state index in [1.807, 2.05) is 0 Å². The zero-order chi connectivity index (χ0) is 15.4. The number of fused-ring (bicyclic) bond motifs is 1. The van der Waals surface area contributed by atoms with E-state index in [-0.39, 0.29) is 0 Å². The van der Waals surface area contributed by atoms with Gasteiger partial charge in [0, 0.05) is 0 Å². The second kappa shape index (κ2) is 8.14. The quantitative estimate of drug-likeness (QED) is 0.365. The molecule has 3 aliphatic carbocycles. The molecule has 2 heteroatoms. The number of nitrogens with two attached hydrogens (primary N) is 1. The summed E-state index contributed by atoms with van der Waals surface area (Å²) in [7, 11) is 0. The maximum absolute atomic E-state index is 5.93. The van der Waals surface area contributed by atoms with Crippen molar-refractivity contribution in [3.8, 4) is 0 Å². The van der Waals surface area contributed by atoms with E-state index in [9.17, 15) is 0 Å². The lowest BCUT2D eigenvalue weighted by Gasteiger charge is -2.41. The van der Waals surface area contributed by atoms with Gasteiger partial charge in [-0.1, -0.05) is 46.9 Å². The third-order valence-electron chi connectivity index (χ3n) is 5.89. The minimum absolute atomic E-state index is 0.624. The Morgan fingerprint density at radius 2 is 2.18 bits per heavy atom. The monoisotopic (exact) mass is 411 g/mol. The minimum atomic E-state index is 0.624. The maximum Gasteiger partial charge on any atom is -0.000462 e. The lowest BCUT2D eigenvalue weighted by molar-refractivity contribution is 0.256. The molecule has 3 unspecified atom stereocenters. The molecule has 2 N–H and O–H groups in total. The van der Waals surface area contributed by atoms with E-state index in [2.05, 4.69) is 46.9 Å². The van der Waals surface area contributed by atoms with Gasteiger partial charge in [-0.15, -0.1) is 0 Å². The molecule has 0 aromatic heterocycles. The molecule has 22 heavy (non-hydrogen) atoms. The Hall–Kier alpha value is -0.0900. The molecule has 0 aromatic rings. The van der Waals surface area contributed by atoms with Crippen molar-refractivity contribution in [2.45, 2.75) is 51.4 Å². The molecule has 0 bridgehead atoms. The molecule has 0 aliphatic heterocycles. The van der Waals surface area contributed by atoms with E-state index in [1.165, 1.54) is 55.8 Å². The predicted molar refractivity (Wildman–Crippen MR) is 104 cm³/mol. The summed E-state index contributed by atoms with van der Waals surface area (Å²) in [5.41, 5.74) is 9.29. The van der Waals surface area contributed by atoms with Crippen LogP contribution in [0.2, 0.25) is 0 Å². The Morgan fingerprint density at radius 1 is 1.27 bits per heavy atom. The van der Waals surface area contributed by atoms with Gasteiger partial charge in [-0.25, -0.2) is 0 Å². The van der Waals surface area contributed by atoms with Crippen molar-refractivity contribution in [1.29, 1.82) is 0 Å². The zero-order valence-electron chi connectivity index (χ0n) is 13.6. The van der Waals surface area contributed by atoms with Crippen LogP contribution < -0.4 is 5.73 Å². The average Bonchev–Trinajstić information content (AvgIpc) is 2.59. The first kappa shape index (κ1) is 16.8. The fourth-order valence-electron chi connectivity index (χ4n) is 4.74. The number of allylic oxidation sites excluding steroid dienone is 5. The number of hydrogen-bond acceptors (Lipinski definition) is 1. The smallest absolute Gasteiger partial charge is 0.000462 e. The van der Waals surface area contributed by atoms with Crippen LogP contribution in [0.15, 0.2) is 35.5 Å². The molecular formula is C20H30IN. The van der Waals surface area contributed by atoms with Gasteiger partial charge in [0.05, 0.1) is 0 Å². The molecule has 0 saturated carbocycles. The van der Waals surface area contributed by atoms with Crippen molar-refractivity contribution < 1.29 is 0 Å². The van der Waals surface area contributed by atoms with Gasteiger partial charge in [0.15, 0.2) is 0 Å². The lowest BCUT2D eigenvalue weighted by atomic mass is 9.64. The average molecular weight is 411 g/mol. The van der Waals surface area contributed by atoms with Gasteiger partial charge in [0.2, 0.25) is 0 Å². The first-order valence-electron chi connectivity index (χ1n) is 9.17. The lowest BCUT2D eigenvalue weighted by Crippen LogP contribution is -2.30. The van der Waals surface area contributed by atoms with Crippen LogP contribution in [0.5, 0.6) is 0 Å². The van der Waals surface area contributed by atoms with E-state index in [1.54, 1.807) is 11.1 Å². The molecule has 122 valence electrons. The molecule has 1 nitrogen and oxygen atoms in total. The molecule has 0 heterocycles. The van der Waals surface area contributed by atoms with Crippen molar-refractivity contribution in [2.24, 2.45) is 29.4 Å². The summed E-state index contributed by atoms with van der Waals surface area (Å²) in [5, 5.41) is 0. The third-order valence-corrected chi connectivity index (χ3v) is 6.65. The summed E-state index contributed by atoms with van der Waals surface area (Å²) in [5.74, 6) is 3.10. The maximum atomic E-state index is 5.93. The van der Waals surface area contributed by atoms with Gasteiger partial charge < -0.3 is 5.73 Å². The Morgan fingerprint density at radius 3 is 3.00 bits per heavy atom. The van der Waals surface area contributed by atoms with E-state index >= 15 is 0 Å². The standard InChI is InChI=1S/C20H30IN/c21-12-4-7-16-10-11-19(20-9-2-1-8-18(16)20)17-6-3-5-15(13-17)14-22/h1,8,11,13,15-16,18,20H,2-7,9-10,12,14,22H2/t15-,16?,18?,20?/m1/s1. The van der Waals surface area contributed by atoms with Crippen LogP contribution in [0, 0.1) is 23.7 Å².